The zero-order valence-electron chi connectivity index (χ0n) is 21.3. The molecule has 1 aliphatic rings. The first kappa shape index (κ1) is 26.0. The number of methoxy groups -OCH3 is 1. The van der Waals surface area contributed by atoms with Crippen molar-refractivity contribution in [3.63, 3.8) is 0 Å². The van der Waals surface area contributed by atoms with E-state index in [1.54, 1.807) is 11.0 Å². The van der Waals surface area contributed by atoms with Gasteiger partial charge in [-0.05, 0) is 60.1 Å². The van der Waals surface area contributed by atoms with E-state index >= 15 is 0 Å². The minimum absolute atomic E-state index is 0.124. The molecule has 0 radical (unpaired) electrons. The Morgan fingerprint density at radius 2 is 1.85 bits per heavy atom. The van der Waals surface area contributed by atoms with Gasteiger partial charge in [0, 0.05) is 18.0 Å². The highest BCUT2D eigenvalue weighted by atomic mass is 32.1. The van der Waals surface area contributed by atoms with Crippen molar-refractivity contribution in [2.24, 2.45) is 0 Å². The number of amides is 1. The van der Waals surface area contributed by atoms with Crippen molar-refractivity contribution in [2.45, 2.75) is 53.0 Å². The van der Waals surface area contributed by atoms with Gasteiger partial charge in [0.2, 0.25) is 0 Å². The maximum absolute atomic E-state index is 13.4. The minimum Gasteiger partial charge on any atom is -0.507 e. The van der Waals surface area contributed by atoms with E-state index in [1.165, 1.54) is 18.4 Å². The van der Waals surface area contributed by atoms with E-state index in [4.69, 9.17) is 4.74 Å². The molecule has 6 nitrogen and oxygen atoms in total. The van der Waals surface area contributed by atoms with Gasteiger partial charge in [-0.2, -0.15) is 0 Å². The molecule has 1 unspecified atom stereocenters. The summed E-state index contributed by atoms with van der Waals surface area (Å²) >= 11 is 1.50. The number of rotatable bonds is 8. The van der Waals surface area contributed by atoms with Gasteiger partial charge in [-0.15, -0.1) is 11.3 Å². The fourth-order valence-electron chi connectivity index (χ4n) is 4.34. The smallest absolute Gasteiger partial charge is 0.295 e. The lowest BCUT2D eigenvalue weighted by molar-refractivity contribution is -0.140. The van der Waals surface area contributed by atoms with Crippen molar-refractivity contribution in [1.82, 2.24) is 9.80 Å². The van der Waals surface area contributed by atoms with Crippen molar-refractivity contribution < 1.29 is 19.4 Å². The average molecular weight is 485 g/mol. The van der Waals surface area contributed by atoms with Crippen molar-refractivity contribution in [1.29, 1.82) is 0 Å². The number of benzene rings is 1. The van der Waals surface area contributed by atoms with E-state index in [2.05, 4.69) is 39.5 Å². The topological polar surface area (TPSA) is 70.1 Å². The summed E-state index contributed by atoms with van der Waals surface area (Å²) in [5, 5.41) is 13.5. The Hall–Kier alpha value is -2.64. The molecular formula is C27H36N2O4S. The number of likely N-dealkylation sites (N-methyl/N-ethyl adjacent to an activating group) is 1. The molecule has 1 fully saturated rings. The third-order valence-electron chi connectivity index (χ3n) is 6.56. The first-order valence-electron chi connectivity index (χ1n) is 11.8. The first-order valence-corrected chi connectivity index (χ1v) is 12.7. The predicted molar refractivity (Wildman–Crippen MR) is 138 cm³/mol. The number of ether oxygens (including phenoxy) is 1. The number of aliphatic hydroxyl groups excluding tert-OH is 1. The van der Waals surface area contributed by atoms with Crippen LogP contribution >= 0.6 is 11.3 Å². The molecule has 2 aromatic rings. The maximum Gasteiger partial charge on any atom is 0.295 e. The summed E-state index contributed by atoms with van der Waals surface area (Å²) < 4.78 is 5.53. The standard InChI is InChI=1S/C27H36N2O4S/c1-8-28(9-2)13-14-29-22(25-17(3)12-15-34-25)21(24(31)26(29)32)23(30)19-16-18(27(4,5)6)10-11-20(19)33-7/h10-12,15-16,22,30H,8-9,13-14H2,1-7H3/b23-21+. The summed E-state index contributed by atoms with van der Waals surface area (Å²) in [6.45, 7) is 15.2. The van der Waals surface area contributed by atoms with Crippen LogP contribution in [0.4, 0.5) is 0 Å². The van der Waals surface area contributed by atoms with Crippen LogP contribution in [0.2, 0.25) is 0 Å². The van der Waals surface area contributed by atoms with Crippen LogP contribution in [0.5, 0.6) is 5.75 Å². The van der Waals surface area contributed by atoms with Gasteiger partial charge in [-0.1, -0.05) is 40.7 Å². The number of Topliss-reactive ketones (excluding diaryl/α,β-unsaturated/α-hetero) is 1. The zero-order valence-corrected chi connectivity index (χ0v) is 22.1. The number of aryl methyl sites for hydroxylation is 1. The van der Waals surface area contributed by atoms with Gasteiger partial charge >= 0.3 is 0 Å². The highest BCUT2D eigenvalue weighted by molar-refractivity contribution is 7.10. The van der Waals surface area contributed by atoms with Crippen LogP contribution in [0.25, 0.3) is 5.76 Å². The average Bonchev–Trinajstić information content (AvgIpc) is 3.33. The van der Waals surface area contributed by atoms with Gasteiger partial charge in [-0.3, -0.25) is 9.59 Å². The second-order valence-corrected chi connectivity index (χ2v) is 10.6. The minimum atomic E-state index is -0.655. The number of aliphatic hydroxyl groups is 1. The Morgan fingerprint density at radius 3 is 2.38 bits per heavy atom. The number of thiophene rings is 1. The quantitative estimate of drug-likeness (QED) is 0.320. The number of nitrogens with zero attached hydrogens (tertiary/aromatic N) is 2. The summed E-state index contributed by atoms with van der Waals surface area (Å²) in [5.74, 6) is -0.957. The Labute approximate surface area is 206 Å². The van der Waals surface area contributed by atoms with Gasteiger partial charge < -0.3 is 19.6 Å². The summed E-state index contributed by atoms with van der Waals surface area (Å²) in [5.41, 5.74) is 2.37. The third-order valence-corrected chi connectivity index (χ3v) is 7.63. The number of hydrogen-bond donors (Lipinski definition) is 1. The first-order chi connectivity index (χ1) is 16.0. The second kappa shape index (κ2) is 10.3. The number of hydrogen-bond acceptors (Lipinski definition) is 6. The molecule has 1 atom stereocenters. The predicted octanol–water partition coefficient (Wildman–Crippen LogP) is 5.13. The normalized spacial score (nSPS) is 18.2. The monoisotopic (exact) mass is 484 g/mol. The third kappa shape index (κ3) is 4.91. The zero-order chi connectivity index (χ0) is 25.2. The summed E-state index contributed by atoms with van der Waals surface area (Å²) in [4.78, 5) is 31.3. The summed E-state index contributed by atoms with van der Waals surface area (Å²) in [6, 6.07) is 6.97. The Bertz CT molecular complexity index is 1090. The van der Waals surface area contributed by atoms with E-state index in [1.807, 2.05) is 30.5 Å². The van der Waals surface area contributed by atoms with Crippen LogP contribution in [0.15, 0.2) is 35.2 Å². The Morgan fingerprint density at radius 1 is 1.18 bits per heavy atom. The molecule has 1 aromatic heterocycles. The molecule has 1 aliphatic heterocycles. The van der Waals surface area contributed by atoms with Crippen LogP contribution < -0.4 is 4.74 Å². The Kier molecular flexibility index (Phi) is 7.88. The number of likely N-dealkylation sites (tertiary alicyclic amines) is 1. The molecule has 0 saturated carbocycles. The maximum atomic E-state index is 13.4. The van der Waals surface area contributed by atoms with Gasteiger partial charge in [0.25, 0.3) is 11.7 Å². The van der Waals surface area contributed by atoms with Crippen molar-refractivity contribution >= 4 is 28.8 Å². The number of ketones is 1. The molecule has 1 N–H and O–H groups in total. The van der Waals surface area contributed by atoms with Gasteiger partial charge in [-0.25, -0.2) is 0 Å². The summed E-state index contributed by atoms with van der Waals surface area (Å²) in [7, 11) is 1.53. The van der Waals surface area contributed by atoms with E-state index in [-0.39, 0.29) is 16.7 Å². The van der Waals surface area contributed by atoms with E-state index < -0.39 is 17.7 Å². The fourth-order valence-corrected chi connectivity index (χ4v) is 5.39. The van der Waals surface area contributed by atoms with Crippen LogP contribution in [0.3, 0.4) is 0 Å². The highest BCUT2D eigenvalue weighted by Gasteiger charge is 2.47. The molecule has 1 saturated heterocycles. The largest absolute Gasteiger partial charge is 0.507 e. The van der Waals surface area contributed by atoms with Crippen molar-refractivity contribution in [3.8, 4) is 5.75 Å². The molecule has 184 valence electrons. The molecule has 0 aliphatic carbocycles. The SMILES string of the molecule is CCN(CC)CCN1C(=O)C(=O)/C(=C(/O)c2cc(C(C)(C)C)ccc2OC)C1c1sccc1C. The van der Waals surface area contributed by atoms with E-state index in [9.17, 15) is 14.7 Å². The fraction of sp³-hybridized carbons (Fsp3) is 0.481. The summed E-state index contributed by atoms with van der Waals surface area (Å²) in [6.07, 6.45) is 0. The lowest BCUT2D eigenvalue weighted by atomic mass is 9.85. The highest BCUT2D eigenvalue weighted by Crippen LogP contribution is 2.44. The molecule has 34 heavy (non-hydrogen) atoms. The van der Waals surface area contributed by atoms with Gasteiger partial charge in [0.05, 0.1) is 24.3 Å². The molecule has 0 spiro atoms. The van der Waals surface area contributed by atoms with Crippen LogP contribution in [0.1, 0.15) is 62.2 Å². The van der Waals surface area contributed by atoms with E-state index in [0.29, 0.717) is 24.4 Å². The van der Waals surface area contributed by atoms with Crippen molar-refractivity contribution in [3.05, 3.63) is 56.8 Å². The van der Waals surface area contributed by atoms with Crippen LogP contribution in [-0.4, -0.2) is 59.9 Å². The van der Waals surface area contributed by atoms with Crippen LogP contribution in [0, 0.1) is 6.92 Å². The Balaban J connectivity index is 2.19. The number of carbonyl (C=O) groups is 2. The molecule has 1 aromatic carbocycles. The molecule has 3 rings (SSSR count). The molecule has 1 amide bonds. The van der Waals surface area contributed by atoms with Crippen LogP contribution in [-0.2, 0) is 15.0 Å². The molecule has 2 heterocycles. The molecule has 0 bridgehead atoms. The van der Waals surface area contributed by atoms with Gasteiger partial charge in [0.1, 0.15) is 11.5 Å². The van der Waals surface area contributed by atoms with Crippen molar-refractivity contribution in [2.75, 3.05) is 33.3 Å². The lowest BCUT2D eigenvalue weighted by Crippen LogP contribution is -2.37. The molecule has 7 heteroatoms. The molecular weight excluding hydrogens is 448 g/mol. The second-order valence-electron chi connectivity index (χ2n) is 9.65. The van der Waals surface area contributed by atoms with Gasteiger partial charge in [0.15, 0.2) is 0 Å². The van der Waals surface area contributed by atoms with E-state index in [0.717, 1.165) is 29.1 Å². The number of carbonyl (C=O) groups excluding carboxylic acids is 2. The lowest BCUT2D eigenvalue weighted by Gasteiger charge is -2.28.